The molecule has 6 nitrogen and oxygen atoms in total. The smallest absolute Gasteiger partial charge is 0.410 e. The van der Waals surface area contributed by atoms with Gasteiger partial charge >= 0.3 is 6.09 Å². The fourth-order valence-corrected chi connectivity index (χ4v) is 5.08. The van der Waals surface area contributed by atoms with E-state index in [-0.39, 0.29) is 17.4 Å². The van der Waals surface area contributed by atoms with Gasteiger partial charge < -0.3 is 15.0 Å². The lowest BCUT2D eigenvalue weighted by atomic mass is 9.83. The lowest BCUT2D eigenvalue weighted by Gasteiger charge is -2.35. The van der Waals surface area contributed by atoms with Crippen molar-refractivity contribution in [3.8, 4) is 0 Å². The highest BCUT2D eigenvalue weighted by Gasteiger charge is 2.43. The van der Waals surface area contributed by atoms with E-state index in [4.69, 9.17) is 4.74 Å². The van der Waals surface area contributed by atoms with Gasteiger partial charge in [-0.3, -0.25) is 9.69 Å². The topological polar surface area (TPSA) is 61.9 Å². The van der Waals surface area contributed by atoms with Crippen LogP contribution in [0.3, 0.4) is 0 Å². The van der Waals surface area contributed by atoms with Crippen molar-refractivity contribution >= 4 is 23.3 Å². The van der Waals surface area contributed by atoms with E-state index in [2.05, 4.69) is 21.7 Å². The van der Waals surface area contributed by atoms with Crippen molar-refractivity contribution in [1.82, 2.24) is 15.1 Å². The molecule has 28 heavy (non-hydrogen) atoms. The van der Waals surface area contributed by atoms with Gasteiger partial charge in [0.2, 0.25) is 5.91 Å². The van der Waals surface area contributed by atoms with E-state index in [0.29, 0.717) is 19.6 Å². The maximum absolute atomic E-state index is 13.0. The van der Waals surface area contributed by atoms with E-state index in [0.717, 1.165) is 45.3 Å². The third-order valence-corrected chi connectivity index (χ3v) is 6.70. The van der Waals surface area contributed by atoms with E-state index in [1.165, 1.54) is 4.88 Å². The fraction of sp³-hybridized carbons (Fsp3) is 0.714. The summed E-state index contributed by atoms with van der Waals surface area (Å²) in [6.45, 7) is 10.1. The molecule has 1 aliphatic carbocycles. The second kappa shape index (κ2) is 8.82. The Morgan fingerprint density at radius 3 is 2.43 bits per heavy atom. The van der Waals surface area contributed by atoms with Crippen molar-refractivity contribution in [3.63, 3.8) is 0 Å². The second-order valence-corrected chi connectivity index (χ2v) is 9.78. The van der Waals surface area contributed by atoms with Crippen LogP contribution in [-0.2, 0) is 14.9 Å². The van der Waals surface area contributed by atoms with Crippen molar-refractivity contribution < 1.29 is 14.3 Å². The van der Waals surface area contributed by atoms with Crippen molar-refractivity contribution in [2.75, 3.05) is 39.3 Å². The molecule has 0 radical (unpaired) electrons. The highest BCUT2D eigenvalue weighted by Crippen LogP contribution is 2.43. The van der Waals surface area contributed by atoms with Gasteiger partial charge in [0, 0.05) is 44.1 Å². The molecule has 0 aromatic carbocycles. The predicted molar refractivity (Wildman–Crippen MR) is 112 cm³/mol. The number of hydrogen-bond donors (Lipinski definition) is 1. The third kappa shape index (κ3) is 5.06. The zero-order valence-electron chi connectivity index (χ0n) is 17.3. The van der Waals surface area contributed by atoms with Crippen LogP contribution in [0.5, 0.6) is 0 Å². The molecule has 3 rings (SSSR count). The minimum Gasteiger partial charge on any atom is -0.444 e. The molecule has 0 bridgehead atoms. The van der Waals surface area contributed by atoms with Crippen LogP contribution in [0.15, 0.2) is 17.5 Å². The number of thiophene rings is 1. The van der Waals surface area contributed by atoms with E-state index >= 15 is 0 Å². The Balaban J connectivity index is 1.42. The molecule has 1 N–H and O–H groups in total. The fourth-order valence-electron chi connectivity index (χ4n) is 4.09. The molecule has 1 aliphatic heterocycles. The zero-order chi connectivity index (χ0) is 20.2. The summed E-state index contributed by atoms with van der Waals surface area (Å²) in [6, 6.07) is 4.14. The number of amides is 2. The summed E-state index contributed by atoms with van der Waals surface area (Å²) in [6.07, 6.45) is 3.91. The third-order valence-electron chi connectivity index (χ3n) is 5.62. The van der Waals surface area contributed by atoms with Crippen LogP contribution >= 0.6 is 11.3 Å². The molecule has 2 amide bonds. The molecule has 2 aliphatic rings. The largest absolute Gasteiger partial charge is 0.444 e. The number of ether oxygens (including phenoxy) is 1. The number of nitrogens with one attached hydrogen (secondary N) is 1. The van der Waals surface area contributed by atoms with E-state index < -0.39 is 5.60 Å². The van der Waals surface area contributed by atoms with Crippen LogP contribution in [0.2, 0.25) is 0 Å². The molecule has 7 heteroatoms. The number of rotatable bonds is 5. The van der Waals surface area contributed by atoms with E-state index in [9.17, 15) is 9.59 Å². The Morgan fingerprint density at radius 1 is 1.18 bits per heavy atom. The minimum absolute atomic E-state index is 0.180. The number of piperazine rings is 1. The summed E-state index contributed by atoms with van der Waals surface area (Å²) in [5, 5.41) is 5.25. The van der Waals surface area contributed by atoms with Crippen LogP contribution in [0.1, 0.15) is 51.3 Å². The number of nitrogens with zero attached hydrogens (tertiary/aromatic N) is 2. The highest BCUT2D eigenvalue weighted by molar-refractivity contribution is 7.10. The summed E-state index contributed by atoms with van der Waals surface area (Å²) < 4.78 is 5.44. The Kier molecular flexibility index (Phi) is 6.65. The van der Waals surface area contributed by atoms with Crippen LogP contribution in [0.25, 0.3) is 0 Å². The standard InChI is InChI=1S/C21H33N3O3S/c1-20(2,3)27-19(26)24-14-12-23(13-15-24)11-10-22-18(25)21(8-4-5-9-21)17-7-6-16-28-17/h6-7,16H,4-5,8-15H2,1-3H3,(H,22,25). The Morgan fingerprint density at radius 2 is 1.86 bits per heavy atom. The average molecular weight is 408 g/mol. The normalized spacial score (nSPS) is 20.2. The molecule has 1 aromatic rings. The SMILES string of the molecule is CC(C)(C)OC(=O)N1CCN(CCNC(=O)C2(c3cccs3)CCCC2)CC1. The second-order valence-electron chi connectivity index (χ2n) is 8.83. The molecule has 0 spiro atoms. The van der Waals surface area contributed by atoms with Crippen molar-refractivity contribution in [1.29, 1.82) is 0 Å². The van der Waals surface area contributed by atoms with Crippen LogP contribution in [0, 0.1) is 0 Å². The highest BCUT2D eigenvalue weighted by atomic mass is 32.1. The first-order valence-electron chi connectivity index (χ1n) is 10.3. The molecule has 2 fully saturated rings. The molecule has 0 unspecified atom stereocenters. The summed E-state index contributed by atoms with van der Waals surface area (Å²) >= 11 is 1.69. The van der Waals surface area contributed by atoms with Crippen LogP contribution < -0.4 is 5.32 Å². The van der Waals surface area contributed by atoms with Gasteiger partial charge in [-0.15, -0.1) is 11.3 Å². The van der Waals surface area contributed by atoms with Crippen molar-refractivity contribution in [2.45, 2.75) is 57.5 Å². The molecular weight excluding hydrogens is 374 g/mol. The summed E-state index contributed by atoms with van der Waals surface area (Å²) in [5.41, 5.74) is -0.777. The van der Waals surface area contributed by atoms with Gasteiger partial charge in [0.05, 0.1) is 5.41 Å². The summed E-state index contributed by atoms with van der Waals surface area (Å²) in [5.74, 6) is 0.180. The van der Waals surface area contributed by atoms with Gasteiger partial charge in [0.25, 0.3) is 0 Å². The number of carbonyl (C=O) groups is 2. The van der Waals surface area contributed by atoms with Crippen LogP contribution in [0.4, 0.5) is 4.79 Å². The van der Waals surface area contributed by atoms with Crippen LogP contribution in [-0.4, -0.2) is 66.7 Å². The van der Waals surface area contributed by atoms with E-state index in [1.807, 2.05) is 26.8 Å². The number of hydrogen-bond acceptors (Lipinski definition) is 5. The first-order valence-corrected chi connectivity index (χ1v) is 11.2. The first-order chi connectivity index (χ1) is 13.3. The Bertz CT molecular complexity index is 655. The van der Waals surface area contributed by atoms with E-state index in [1.54, 1.807) is 16.2 Å². The van der Waals surface area contributed by atoms with Gasteiger partial charge in [-0.25, -0.2) is 4.79 Å². The maximum Gasteiger partial charge on any atom is 0.410 e. The van der Waals surface area contributed by atoms with Gasteiger partial charge in [0.15, 0.2) is 0 Å². The molecule has 1 saturated carbocycles. The lowest BCUT2D eigenvalue weighted by molar-refractivity contribution is -0.126. The molecule has 0 atom stereocenters. The van der Waals surface area contributed by atoms with Crippen molar-refractivity contribution in [3.05, 3.63) is 22.4 Å². The molecule has 1 aromatic heterocycles. The first kappa shape index (κ1) is 21.1. The van der Waals surface area contributed by atoms with Gasteiger partial charge in [0.1, 0.15) is 5.60 Å². The average Bonchev–Trinajstić information content (AvgIpc) is 3.33. The minimum atomic E-state index is -0.461. The summed E-state index contributed by atoms with van der Waals surface area (Å²) in [7, 11) is 0. The Labute approximate surface area is 172 Å². The Hall–Kier alpha value is -1.60. The molecule has 1 saturated heterocycles. The van der Waals surface area contributed by atoms with Gasteiger partial charge in [-0.1, -0.05) is 18.9 Å². The zero-order valence-corrected chi connectivity index (χ0v) is 18.1. The number of carbonyl (C=O) groups excluding carboxylic acids is 2. The molecule has 156 valence electrons. The van der Waals surface area contributed by atoms with Gasteiger partial charge in [-0.05, 0) is 45.1 Å². The lowest BCUT2D eigenvalue weighted by Crippen LogP contribution is -2.52. The quantitative estimate of drug-likeness (QED) is 0.814. The molecule has 2 heterocycles. The van der Waals surface area contributed by atoms with Gasteiger partial charge in [-0.2, -0.15) is 0 Å². The van der Waals surface area contributed by atoms with Crippen molar-refractivity contribution in [2.24, 2.45) is 0 Å². The monoisotopic (exact) mass is 407 g/mol. The molecular formula is C21H33N3O3S. The predicted octanol–water partition coefficient (Wildman–Crippen LogP) is 3.23. The maximum atomic E-state index is 13.0. The summed E-state index contributed by atoms with van der Waals surface area (Å²) in [4.78, 5) is 30.4.